The summed E-state index contributed by atoms with van der Waals surface area (Å²) in [6.07, 6.45) is 1.04. The summed E-state index contributed by atoms with van der Waals surface area (Å²) in [5, 5.41) is 12.9. The van der Waals surface area contributed by atoms with Crippen LogP contribution in [0.1, 0.15) is 17.9 Å². The molecule has 4 heterocycles. The molecular weight excluding hydrogens is 352 g/mol. The molecule has 0 saturated carbocycles. The van der Waals surface area contributed by atoms with Crippen molar-refractivity contribution in [3.05, 3.63) is 47.9 Å². The van der Waals surface area contributed by atoms with Gasteiger partial charge in [0.1, 0.15) is 5.82 Å². The third-order valence-corrected chi connectivity index (χ3v) is 5.24. The van der Waals surface area contributed by atoms with E-state index in [1.807, 2.05) is 50.2 Å². The topological polar surface area (TPSA) is 75.3 Å². The zero-order valence-electron chi connectivity index (χ0n) is 16.1. The SMILES string of the molecule is Cc1nc2ccccc2nc1N1CCCN(c2ccc3nnc(C)n3n2)CC1. The van der Waals surface area contributed by atoms with Gasteiger partial charge >= 0.3 is 0 Å². The number of para-hydroxylation sites is 2. The van der Waals surface area contributed by atoms with Gasteiger partial charge in [-0.1, -0.05) is 12.1 Å². The van der Waals surface area contributed by atoms with Crippen molar-refractivity contribution < 1.29 is 0 Å². The van der Waals surface area contributed by atoms with Gasteiger partial charge in [0.2, 0.25) is 0 Å². The lowest BCUT2D eigenvalue weighted by Gasteiger charge is -2.24. The van der Waals surface area contributed by atoms with E-state index in [2.05, 4.69) is 20.0 Å². The fraction of sp³-hybridized carbons (Fsp3) is 0.350. The van der Waals surface area contributed by atoms with E-state index in [0.29, 0.717) is 0 Å². The second kappa shape index (κ2) is 6.70. The number of rotatable bonds is 2. The molecule has 0 amide bonds. The van der Waals surface area contributed by atoms with Crippen molar-refractivity contribution >= 4 is 28.3 Å². The summed E-state index contributed by atoms with van der Waals surface area (Å²) in [5.74, 6) is 2.74. The summed E-state index contributed by atoms with van der Waals surface area (Å²) in [5.41, 5.74) is 3.65. The van der Waals surface area contributed by atoms with E-state index in [0.717, 1.165) is 72.4 Å². The minimum absolute atomic E-state index is 0.778. The number of fused-ring (bicyclic) bond motifs is 2. The van der Waals surface area contributed by atoms with Crippen LogP contribution in [0.2, 0.25) is 0 Å². The molecule has 0 unspecified atom stereocenters. The van der Waals surface area contributed by atoms with Crippen LogP contribution in [0.5, 0.6) is 0 Å². The van der Waals surface area contributed by atoms with Crippen LogP contribution in [0.15, 0.2) is 36.4 Å². The summed E-state index contributed by atoms with van der Waals surface area (Å²) in [6, 6.07) is 12.1. The Hall–Kier alpha value is -3.29. The van der Waals surface area contributed by atoms with Crippen LogP contribution in [0.25, 0.3) is 16.7 Å². The normalized spacial score (nSPS) is 15.4. The molecule has 5 rings (SSSR count). The Kier molecular flexibility index (Phi) is 4.03. The molecule has 0 bridgehead atoms. The lowest BCUT2D eigenvalue weighted by atomic mass is 10.2. The zero-order chi connectivity index (χ0) is 19.1. The monoisotopic (exact) mass is 374 g/mol. The smallest absolute Gasteiger partial charge is 0.178 e. The molecule has 0 aliphatic carbocycles. The Labute approximate surface area is 162 Å². The number of nitrogens with zero attached hydrogens (tertiary/aromatic N) is 8. The van der Waals surface area contributed by atoms with E-state index < -0.39 is 0 Å². The van der Waals surface area contributed by atoms with Crippen molar-refractivity contribution in [1.82, 2.24) is 29.8 Å². The maximum atomic E-state index is 4.89. The highest BCUT2D eigenvalue weighted by molar-refractivity contribution is 5.76. The highest BCUT2D eigenvalue weighted by Gasteiger charge is 2.20. The number of anilines is 2. The van der Waals surface area contributed by atoms with Crippen LogP contribution in [0.4, 0.5) is 11.6 Å². The van der Waals surface area contributed by atoms with Crippen LogP contribution in [0.3, 0.4) is 0 Å². The Bertz CT molecular complexity index is 1150. The highest BCUT2D eigenvalue weighted by atomic mass is 15.4. The Morgan fingerprint density at radius 1 is 0.786 bits per heavy atom. The Balaban J connectivity index is 1.40. The van der Waals surface area contributed by atoms with Gasteiger partial charge in [0.25, 0.3) is 0 Å². The summed E-state index contributed by atoms with van der Waals surface area (Å²) < 4.78 is 1.80. The maximum absolute atomic E-state index is 4.89. The van der Waals surface area contributed by atoms with Crippen molar-refractivity contribution in [2.75, 3.05) is 36.0 Å². The van der Waals surface area contributed by atoms with Crippen LogP contribution >= 0.6 is 0 Å². The largest absolute Gasteiger partial charge is 0.353 e. The number of aryl methyl sites for hydroxylation is 2. The van der Waals surface area contributed by atoms with Crippen molar-refractivity contribution in [2.45, 2.75) is 20.3 Å². The second-order valence-electron chi connectivity index (χ2n) is 7.16. The molecule has 1 aliphatic heterocycles. The fourth-order valence-electron chi connectivity index (χ4n) is 3.79. The molecule has 142 valence electrons. The summed E-state index contributed by atoms with van der Waals surface area (Å²) in [4.78, 5) is 14.3. The minimum atomic E-state index is 0.778. The first-order valence-electron chi connectivity index (χ1n) is 9.61. The zero-order valence-corrected chi connectivity index (χ0v) is 16.1. The molecule has 8 heteroatoms. The van der Waals surface area contributed by atoms with E-state index >= 15 is 0 Å². The van der Waals surface area contributed by atoms with Gasteiger partial charge in [0.15, 0.2) is 17.3 Å². The van der Waals surface area contributed by atoms with Crippen molar-refractivity contribution in [3.63, 3.8) is 0 Å². The fourth-order valence-corrected chi connectivity index (χ4v) is 3.79. The summed E-state index contributed by atoms with van der Waals surface area (Å²) in [7, 11) is 0. The standard InChI is InChI=1S/C20H22N8/c1-14-20(22-17-7-4-3-6-16(17)21-14)27-11-5-10-26(12-13-27)19-9-8-18-24-23-15(2)28(18)25-19/h3-4,6-9H,5,10-13H2,1-2H3. The van der Waals surface area contributed by atoms with Crippen molar-refractivity contribution in [2.24, 2.45) is 0 Å². The molecule has 4 aromatic rings. The van der Waals surface area contributed by atoms with Gasteiger partial charge in [-0.3, -0.25) is 0 Å². The number of aromatic nitrogens is 6. The molecule has 0 N–H and O–H groups in total. The summed E-state index contributed by atoms with van der Waals surface area (Å²) >= 11 is 0. The molecule has 0 atom stereocenters. The lowest BCUT2D eigenvalue weighted by Crippen LogP contribution is -2.32. The van der Waals surface area contributed by atoms with Crippen molar-refractivity contribution in [1.29, 1.82) is 0 Å². The third kappa shape index (κ3) is 2.90. The van der Waals surface area contributed by atoms with E-state index in [9.17, 15) is 0 Å². The van der Waals surface area contributed by atoms with Gasteiger partial charge in [0.05, 0.1) is 16.7 Å². The van der Waals surface area contributed by atoms with E-state index in [4.69, 9.17) is 15.1 Å². The highest BCUT2D eigenvalue weighted by Crippen LogP contribution is 2.22. The molecule has 8 nitrogen and oxygen atoms in total. The average Bonchev–Trinajstić information content (AvgIpc) is 2.92. The van der Waals surface area contributed by atoms with Gasteiger partial charge in [0, 0.05) is 26.2 Å². The van der Waals surface area contributed by atoms with Crippen LogP contribution in [0, 0.1) is 13.8 Å². The average molecular weight is 374 g/mol. The second-order valence-corrected chi connectivity index (χ2v) is 7.16. The lowest BCUT2D eigenvalue weighted by molar-refractivity contribution is 0.769. The van der Waals surface area contributed by atoms with Gasteiger partial charge in [-0.2, -0.15) is 4.52 Å². The molecule has 1 aliphatic rings. The molecule has 1 fully saturated rings. The third-order valence-electron chi connectivity index (χ3n) is 5.24. The first kappa shape index (κ1) is 16.9. The first-order chi connectivity index (χ1) is 13.7. The summed E-state index contributed by atoms with van der Waals surface area (Å²) in [6.45, 7) is 7.64. The van der Waals surface area contributed by atoms with Gasteiger partial charge in [-0.15, -0.1) is 15.3 Å². The van der Waals surface area contributed by atoms with E-state index in [1.54, 1.807) is 4.52 Å². The first-order valence-corrected chi connectivity index (χ1v) is 9.61. The molecule has 28 heavy (non-hydrogen) atoms. The van der Waals surface area contributed by atoms with E-state index in [1.165, 1.54) is 0 Å². The Morgan fingerprint density at radius 3 is 2.39 bits per heavy atom. The van der Waals surface area contributed by atoms with Crippen molar-refractivity contribution in [3.8, 4) is 0 Å². The molecular formula is C20H22N8. The quantitative estimate of drug-likeness (QED) is 0.533. The maximum Gasteiger partial charge on any atom is 0.178 e. The van der Waals surface area contributed by atoms with Crippen LogP contribution in [-0.4, -0.2) is 56.0 Å². The molecule has 0 radical (unpaired) electrons. The van der Waals surface area contributed by atoms with Gasteiger partial charge in [-0.25, -0.2) is 9.97 Å². The Morgan fingerprint density at radius 2 is 1.54 bits per heavy atom. The number of hydrogen-bond donors (Lipinski definition) is 0. The van der Waals surface area contributed by atoms with Gasteiger partial charge in [-0.05, 0) is 44.5 Å². The number of hydrogen-bond acceptors (Lipinski definition) is 7. The van der Waals surface area contributed by atoms with Crippen LogP contribution < -0.4 is 9.80 Å². The number of benzene rings is 1. The van der Waals surface area contributed by atoms with Crippen LogP contribution in [-0.2, 0) is 0 Å². The molecule has 3 aromatic heterocycles. The predicted molar refractivity (Wildman–Crippen MR) is 109 cm³/mol. The minimum Gasteiger partial charge on any atom is -0.353 e. The van der Waals surface area contributed by atoms with E-state index in [-0.39, 0.29) is 0 Å². The molecule has 1 aromatic carbocycles. The van der Waals surface area contributed by atoms with Gasteiger partial charge < -0.3 is 9.80 Å². The predicted octanol–water partition coefficient (Wildman–Crippen LogP) is 2.40. The molecule has 1 saturated heterocycles. The molecule has 0 spiro atoms.